The van der Waals surface area contributed by atoms with E-state index in [2.05, 4.69) is 227 Å². The smallest absolute Gasteiger partial charge is 0.252 e. The van der Waals surface area contributed by atoms with Gasteiger partial charge in [-0.2, -0.15) is 0 Å². The number of hydrogen-bond donors (Lipinski definition) is 0. The topological polar surface area (TPSA) is 6.48 Å². The number of benzene rings is 8. The molecule has 0 N–H and O–H groups in total. The van der Waals surface area contributed by atoms with Crippen LogP contribution in [0.1, 0.15) is 74.9 Å². The van der Waals surface area contributed by atoms with Crippen molar-refractivity contribution in [3.05, 3.63) is 209 Å². The normalized spacial score (nSPS) is 14.9. The van der Waals surface area contributed by atoms with Gasteiger partial charge in [0, 0.05) is 34.1 Å². The van der Waals surface area contributed by atoms with Gasteiger partial charge < -0.3 is 9.80 Å². The third-order valence-electron chi connectivity index (χ3n) is 14.0. The van der Waals surface area contributed by atoms with E-state index in [1.807, 2.05) is 0 Å². The molecule has 12 rings (SSSR count). The molecule has 0 atom stereocenters. The van der Waals surface area contributed by atoms with Gasteiger partial charge in [0.1, 0.15) is 0 Å². The molecule has 2 aliphatic carbocycles. The van der Waals surface area contributed by atoms with E-state index in [1.54, 1.807) is 0 Å². The van der Waals surface area contributed by atoms with Crippen LogP contribution in [0.4, 0.5) is 34.1 Å². The lowest BCUT2D eigenvalue weighted by molar-refractivity contribution is 0.590. The second-order valence-corrected chi connectivity index (χ2v) is 19.3. The molecular weight excluding hydrogens is 723 g/mol. The van der Waals surface area contributed by atoms with Crippen molar-refractivity contribution in [3.63, 3.8) is 0 Å². The molecule has 0 unspecified atom stereocenters. The van der Waals surface area contributed by atoms with Crippen LogP contribution >= 0.6 is 0 Å². The average Bonchev–Trinajstić information content (AvgIpc) is 3.72. The first-order valence-electron chi connectivity index (χ1n) is 21.6. The Balaban J connectivity index is 1.10. The Morgan fingerprint density at radius 2 is 0.833 bits per heavy atom. The molecule has 0 saturated carbocycles. The minimum atomic E-state index is -0.369. The van der Waals surface area contributed by atoms with E-state index in [-0.39, 0.29) is 23.0 Å². The van der Waals surface area contributed by atoms with Crippen molar-refractivity contribution in [1.29, 1.82) is 0 Å². The molecule has 2 aliphatic heterocycles. The number of anilines is 6. The highest BCUT2D eigenvalue weighted by Crippen LogP contribution is 2.63. The van der Waals surface area contributed by atoms with E-state index in [0.29, 0.717) is 0 Å². The fraction of sp³-hybridized carbons (Fsp3) is 0.158. The summed E-state index contributed by atoms with van der Waals surface area (Å²) in [6.45, 7) is 13.9. The van der Waals surface area contributed by atoms with Crippen molar-refractivity contribution in [3.8, 4) is 22.3 Å². The SMILES string of the molecule is CC(C)(C)c1ccc(N2c3ccc(C(C)(C)C)cc3B3c4ccccc4N(c4ccc5c(c4)-c4ccccc4C54c5ccccc5-c5ccccc54)c4cccc2c43)cc1. The van der Waals surface area contributed by atoms with Gasteiger partial charge in [0.25, 0.3) is 6.71 Å². The van der Waals surface area contributed by atoms with Gasteiger partial charge in [-0.3, -0.25) is 0 Å². The van der Waals surface area contributed by atoms with Gasteiger partial charge in [-0.05, 0) is 131 Å². The summed E-state index contributed by atoms with van der Waals surface area (Å²) in [5.74, 6) is 0. The molecule has 60 heavy (non-hydrogen) atoms. The molecule has 0 amide bonds. The standard InChI is InChI=1S/C57H47BN2/c1-55(2,3)36-26-29-38(30-27-36)59-51-33-28-37(56(4,5)6)34-49(51)58-48-22-13-14-23-50(48)60(53-25-15-24-52(59)54(53)58)39-31-32-47-43(35-39)42-18-9-12-21-46(42)57(47)44-19-10-7-16-40(44)41-17-8-11-20-45(41)57/h7-35H,1-6H3. The van der Waals surface area contributed by atoms with E-state index >= 15 is 0 Å². The highest BCUT2D eigenvalue weighted by molar-refractivity contribution is 7.00. The zero-order valence-electron chi connectivity index (χ0n) is 35.2. The molecule has 1 spiro atoms. The average molecular weight is 771 g/mol. The Hall–Kier alpha value is -6.58. The Morgan fingerprint density at radius 1 is 0.367 bits per heavy atom. The Kier molecular flexibility index (Phi) is 7.22. The summed E-state index contributed by atoms with van der Waals surface area (Å²) in [4.78, 5) is 5.07. The quantitative estimate of drug-likeness (QED) is 0.162. The summed E-state index contributed by atoms with van der Waals surface area (Å²) in [5.41, 5.74) is 24.5. The number of hydrogen-bond acceptors (Lipinski definition) is 2. The summed E-state index contributed by atoms with van der Waals surface area (Å²) >= 11 is 0. The van der Waals surface area contributed by atoms with Crippen LogP contribution in [0.5, 0.6) is 0 Å². The number of para-hydroxylation sites is 1. The molecule has 288 valence electrons. The van der Waals surface area contributed by atoms with Crippen LogP contribution in [0.3, 0.4) is 0 Å². The van der Waals surface area contributed by atoms with Gasteiger partial charge in [-0.15, -0.1) is 0 Å². The molecule has 0 aromatic heterocycles. The molecule has 0 radical (unpaired) electrons. The summed E-state index contributed by atoms with van der Waals surface area (Å²) < 4.78 is 0. The summed E-state index contributed by atoms with van der Waals surface area (Å²) in [6, 6.07) is 67.2. The highest BCUT2D eigenvalue weighted by Gasteiger charge is 2.52. The third-order valence-corrected chi connectivity index (χ3v) is 14.0. The lowest BCUT2D eigenvalue weighted by atomic mass is 9.33. The first-order valence-corrected chi connectivity index (χ1v) is 21.6. The molecule has 3 heteroatoms. The van der Waals surface area contributed by atoms with Gasteiger partial charge in [0.15, 0.2) is 0 Å². The van der Waals surface area contributed by atoms with Crippen LogP contribution in [0.25, 0.3) is 22.3 Å². The first kappa shape index (κ1) is 35.4. The number of rotatable bonds is 2. The van der Waals surface area contributed by atoms with E-state index in [4.69, 9.17) is 0 Å². The van der Waals surface area contributed by atoms with E-state index in [9.17, 15) is 0 Å². The second kappa shape index (κ2) is 12.2. The Labute approximate surface area is 354 Å². The van der Waals surface area contributed by atoms with Crippen molar-refractivity contribution in [2.45, 2.75) is 57.8 Å². The Bertz CT molecular complexity index is 3040. The van der Waals surface area contributed by atoms with Crippen molar-refractivity contribution in [2.75, 3.05) is 9.80 Å². The maximum absolute atomic E-state index is 2.55. The predicted octanol–water partition coefficient (Wildman–Crippen LogP) is 12.7. The maximum Gasteiger partial charge on any atom is 0.252 e. The van der Waals surface area contributed by atoms with Gasteiger partial charge in [0.05, 0.1) is 5.41 Å². The van der Waals surface area contributed by atoms with Gasteiger partial charge in [-0.1, -0.05) is 169 Å². The van der Waals surface area contributed by atoms with Crippen molar-refractivity contribution >= 4 is 57.2 Å². The fourth-order valence-corrected chi connectivity index (χ4v) is 11.2. The predicted molar refractivity (Wildman–Crippen MR) is 254 cm³/mol. The van der Waals surface area contributed by atoms with Crippen molar-refractivity contribution < 1.29 is 0 Å². The molecule has 4 aliphatic rings. The van der Waals surface area contributed by atoms with Gasteiger partial charge in [-0.25, -0.2) is 0 Å². The third kappa shape index (κ3) is 4.66. The van der Waals surface area contributed by atoms with Crippen molar-refractivity contribution in [2.24, 2.45) is 0 Å². The fourth-order valence-electron chi connectivity index (χ4n) is 11.2. The molecule has 0 saturated heterocycles. The van der Waals surface area contributed by atoms with Crippen molar-refractivity contribution in [1.82, 2.24) is 0 Å². The lowest BCUT2D eigenvalue weighted by Gasteiger charge is -2.44. The minimum absolute atomic E-state index is 0.00660. The van der Waals surface area contributed by atoms with E-state index in [1.165, 1.54) is 106 Å². The van der Waals surface area contributed by atoms with Gasteiger partial charge >= 0.3 is 0 Å². The van der Waals surface area contributed by atoms with Gasteiger partial charge in [0.2, 0.25) is 0 Å². The molecule has 2 nitrogen and oxygen atoms in total. The molecule has 8 aromatic carbocycles. The van der Waals surface area contributed by atoms with E-state index < -0.39 is 0 Å². The zero-order chi connectivity index (χ0) is 40.7. The van der Waals surface area contributed by atoms with Crippen LogP contribution < -0.4 is 26.2 Å². The lowest BCUT2D eigenvalue weighted by Crippen LogP contribution is -2.61. The molecule has 2 heterocycles. The largest absolute Gasteiger partial charge is 0.311 e. The minimum Gasteiger partial charge on any atom is -0.311 e. The number of nitrogens with zero attached hydrogens (tertiary/aromatic N) is 2. The van der Waals surface area contributed by atoms with Crippen LogP contribution in [-0.2, 0) is 16.2 Å². The first-order chi connectivity index (χ1) is 29.0. The maximum atomic E-state index is 2.55. The zero-order valence-corrected chi connectivity index (χ0v) is 35.2. The molecular formula is C57H47BN2. The second-order valence-electron chi connectivity index (χ2n) is 19.3. The highest BCUT2D eigenvalue weighted by atomic mass is 15.2. The van der Waals surface area contributed by atoms with Crippen LogP contribution in [0.15, 0.2) is 176 Å². The van der Waals surface area contributed by atoms with E-state index in [0.717, 1.165) is 0 Å². The molecule has 0 fully saturated rings. The monoisotopic (exact) mass is 770 g/mol. The van der Waals surface area contributed by atoms with Crippen LogP contribution in [0, 0.1) is 0 Å². The summed E-state index contributed by atoms with van der Waals surface area (Å²) in [7, 11) is 0. The summed E-state index contributed by atoms with van der Waals surface area (Å²) in [6.07, 6.45) is 0. The van der Waals surface area contributed by atoms with Crippen LogP contribution in [-0.4, -0.2) is 6.71 Å². The number of fused-ring (bicyclic) bond motifs is 14. The van der Waals surface area contributed by atoms with Crippen LogP contribution in [0.2, 0.25) is 0 Å². The summed E-state index contributed by atoms with van der Waals surface area (Å²) in [5, 5.41) is 0. The Morgan fingerprint density at radius 3 is 1.45 bits per heavy atom. The molecule has 0 bridgehead atoms. The molecule has 8 aromatic rings.